The summed E-state index contributed by atoms with van der Waals surface area (Å²) in [4.78, 5) is 1.02. The second-order valence-corrected chi connectivity index (χ2v) is 7.72. The average Bonchev–Trinajstić information content (AvgIpc) is 2.99. The highest BCUT2D eigenvalue weighted by atomic mass is 32.2. The summed E-state index contributed by atoms with van der Waals surface area (Å²) in [6.45, 7) is 1.41. The van der Waals surface area contributed by atoms with Crippen LogP contribution in [0.15, 0.2) is 16.3 Å². The molecule has 7 heteroatoms. The van der Waals surface area contributed by atoms with E-state index in [1.807, 2.05) is 0 Å². The zero-order chi connectivity index (χ0) is 13.9. The van der Waals surface area contributed by atoms with Crippen molar-refractivity contribution in [1.29, 1.82) is 0 Å². The quantitative estimate of drug-likeness (QED) is 0.758. The van der Waals surface area contributed by atoms with E-state index in [4.69, 9.17) is 10.5 Å². The van der Waals surface area contributed by atoms with E-state index in [2.05, 4.69) is 4.72 Å². The molecule has 1 aromatic rings. The van der Waals surface area contributed by atoms with E-state index in [0.29, 0.717) is 22.9 Å². The van der Waals surface area contributed by atoms with Gasteiger partial charge < -0.3 is 10.5 Å². The molecule has 0 aliphatic heterocycles. The van der Waals surface area contributed by atoms with E-state index in [1.54, 1.807) is 18.6 Å². The van der Waals surface area contributed by atoms with Gasteiger partial charge in [-0.05, 0) is 36.1 Å². The van der Waals surface area contributed by atoms with E-state index in [9.17, 15) is 8.42 Å². The van der Waals surface area contributed by atoms with Crippen molar-refractivity contribution in [3.63, 3.8) is 0 Å². The lowest BCUT2D eigenvalue weighted by molar-refractivity contribution is 0.173. The molecule has 2 rings (SSSR count). The van der Waals surface area contributed by atoms with Crippen LogP contribution < -0.4 is 10.5 Å². The highest BCUT2D eigenvalue weighted by Crippen LogP contribution is 2.48. The molecule has 5 nitrogen and oxygen atoms in total. The Labute approximate surface area is 118 Å². The van der Waals surface area contributed by atoms with Gasteiger partial charge in [-0.3, -0.25) is 0 Å². The van der Waals surface area contributed by atoms with Crippen molar-refractivity contribution in [3.05, 3.63) is 16.3 Å². The van der Waals surface area contributed by atoms with Gasteiger partial charge in [0.25, 0.3) is 0 Å². The SMILES string of the molecule is COCCC1(CNS(=O)(=O)c2ccsc2CN)CC1. The Kier molecular flexibility index (Phi) is 4.62. The van der Waals surface area contributed by atoms with Gasteiger partial charge in [0.05, 0.1) is 4.90 Å². The molecule has 1 heterocycles. The van der Waals surface area contributed by atoms with Gasteiger partial charge in [-0.25, -0.2) is 13.1 Å². The van der Waals surface area contributed by atoms with E-state index >= 15 is 0 Å². The van der Waals surface area contributed by atoms with Gasteiger partial charge in [0.1, 0.15) is 0 Å². The lowest BCUT2D eigenvalue weighted by Gasteiger charge is -2.15. The molecule has 1 aliphatic rings. The highest BCUT2D eigenvalue weighted by Gasteiger charge is 2.42. The van der Waals surface area contributed by atoms with Gasteiger partial charge in [0.2, 0.25) is 10.0 Å². The van der Waals surface area contributed by atoms with Crippen LogP contribution >= 0.6 is 11.3 Å². The fourth-order valence-corrected chi connectivity index (χ4v) is 4.54. The number of ether oxygens (including phenoxy) is 1. The molecule has 1 saturated carbocycles. The van der Waals surface area contributed by atoms with Gasteiger partial charge in [0, 0.05) is 31.7 Å². The number of rotatable bonds is 8. The molecule has 1 fully saturated rings. The summed E-state index contributed by atoms with van der Waals surface area (Å²) in [5, 5.41) is 1.76. The van der Waals surface area contributed by atoms with E-state index < -0.39 is 10.0 Å². The van der Waals surface area contributed by atoms with Crippen LogP contribution in [0.4, 0.5) is 0 Å². The Morgan fingerprint density at radius 2 is 2.26 bits per heavy atom. The topological polar surface area (TPSA) is 81.4 Å². The van der Waals surface area contributed by atoms with Crippen molar-refractivity contribution in [2.75, 3.05) is 20.3 Å². The molecule has 0 unspecified atom stereocenters. The first-order valence-corrected chi connectivity index (χ1v) is 8.64. The standard InChI is InChI=1S/C12H20N2O3S2/c1-17-6-5-12(3-4-12)9-14-19(15,16)11-2-7-18-10(11)8-13/h2,7,14H,3-6,8-9,13H2,1H3. The highest BCUT2D eigenvalue weighted by molar-refractivity contribution is 7.89. The maximum absolute atomic E-state index is 12.2. The number of sulfonamides is 1. The first-order valence-electron chi connectivity index (χ1n) is 6.28. The van der Waals surface area contributed by atoms with Crippen LogP contribution in [0.2, 0.25) is 0 Å². The first-order chi connectivity index (χ1) is 9.03. The fourth-order valence-electron chi connectivity index (χ4n) is 2.05. The van der Waals surface area contributed by atoms with Crippen molar-refractivity contribution in [3.8, 4) is 0 Å². The predicted octanol–water partition coefficient (Wildman–Crippen LogP) is 1.30. The van der Waals surface area contributed by atoms with Crippen molar-refractivity contribution < 1.29 is 13.2 Å². The molecule has 0 aromatic carbocycles. The second kappa shape index (κ2) is 5.88. The summed E-state index contributed by atoms with van der Waals surface area (Å²) >= 11 is 1.38. The Morgan fingerprint density at radius 1 is 1.53 bits per heavy atom. The minimum absolute atomic E-state index is 0.0992. The van der Waals surface area contributed by atoms with Gasteiger partial charge in [-0.1, -0.05) is 0 Å². The van der Waals surface area contributed by atoms with Gasteiger partial charge >= 0.3 is 0 Å². The van der Waals surface area contributed by atoms with Crippen LogP contribution in [-0.2, 0) is 21.3 Å². The van der Waals surface area contributed by atoms with Gasteiger partial charge in [0.15, 0.2) is 0 Å². The first kappa shape index (κ1) is 14.9. The Balaban J connectivity index is 1.99. The molecule has 0 saturated heterocycles. The van der Waals surface area contributed by atoms with E-state index in [1.165, 1.54) is 11.3 Å². The molecule has 0 spiro atoms. The monoisotopic (exact) mass is 304 g/mol. The molecule has 3 N–H and O–H groups in total. The van der Waals surface area contributed by atoms with Crippen LogP contribution in [0, 0.1) is 5.41 Å². The number of hydrogen-bond donors (Lipinski definition) is 2. The molecule has 0 atom stereocenters. The number of hydrogen-bond acceptors (Lipinski definition) is 5. The average molecular weight is 304 g/mol. The second-order valence-electron chi connectivity index (χ2n) is 4.98. The van der Waals surface area contributed by atoms with E-state index in [-0.39, 0.29) is 12.0 Å². The van der Waals surface area contributed by atoms with Crippen molar-refractivity contribution >= 4 is 21.4 Å². The minimum atomic E-state index is -3.44. The molecule has 1 aromatic heterocycles. The Morgan fingerprint density at radius 3 is 2.84 bits per heavy atom. The largest absolute Gasteiger partial charge is 0.385 e. The number of thiophene rings is 1. The normalized spacial score (nSPS) is 17.6. The van der Waals surface area contributed by atoms with Crippen molar-refractivity contribution in [2.45, 2.75) is 30.7 Å². The van der Waals surface area contributed by atoms with E-state index in [0.717, 1.165) is 19.3 Å². The third kappa shape index (κ3) is 3.55. The molecular formula is C12H20N2O3S2. The van der Waals surface area contributed by atoms with Crippen LogP contribution in [0.25, 0.3) is 0 Å². The summed E-state index contributed by atoms with van der Waals surface area (Å²) in [6.07, 6.45) is 3.03. The molecule has 0 radical (unpaired) electrons. The van der Waals surface area contributed by atoms with Crippen molar-refractivity contribution in [2.24, 2.45) is 11.1 Å². The lowest BCUT2D eigenvalue weighted by atomic mass is 10.0. The Bertz CT molecular complexity index is 521. The summed E-state index contributed by atoms with van der Waals surface area (Å²) in [6, 6.07) is 1.61. The van der Waals surface area contributed by atoms with Crippen LogP contribution in [0.5, 0.6) is 0 Å². The Hall–Kier alpha value is -0.470. The molecule has 108 valence electrons. The maximum Gasteiger partial charge on any atom is 0.241 e. The summed E-state index contributed by atoms with van der Waals surface area (Å²) in [5.74, 6) is 0. The summed E-state index contributed by atoms with van der Waals surface area (Å²) in [7, 11) is -1.77. The fraction of sp³-hybridized carbons (Fsp3) is 0.667. The molecule has 19 heavy (non-hydrogen) atoms. The van der Waals surface area contributed by atoms with Crippen LogP contribution in [0.1, 0.15) is 24.1 Å². The number of methoxy groups -OCH3 is 1. The molecular weight excluding hydrogens is 284 g/mol. The third-order valence-corrected chi connectivity index (χ3v) is 6.17. The zero-order valence-electron chi connectivity index (χ0n) is 11.0. The summed E-state index contributed by atoms with van der Waals surface area (Å²) in [5.41, 5.74) is 5.65. The van der Waals surface area contributed by atoms with Gasteiger partial charge in [-0.2, -0.15) is 0 Å². The number of nitrogens with two attached hydrogens (primary N) is 1. The molecule has 0 bridgehead atoms. The number of nitrogens with one attached hydrogen (secondary N) is 1. The smallest absolute Gasteiger partial charge is 0.241 e. The maximum atomic E-state index is 12.2. The molecule has 0 amide bonds. The predicted molar refractivity (Wildman–Crippen MR) is 75.6 cm³/mol. The third-order valence-electron chi connectivity index (χ3n) is 3.61. The lowest BCUT2D eigenvalue weighted by Crippen LogP contribution is -2.31. The summed E-state index contributed by atoms with van der Waals surface area (Å²) < 4.78 is 32.2. The van der Waals surface area contributed by atoms with Gasteiger partial charge in [-0.15, -0.1) is 11.3 Å². The molecule has 1 aliphatic carbocycles. The van der Waals surface area contributed by atoms with Crippen molar-refractivity contribution in [1.82, 2.24) is 4.72 Å². The zero-order valence-corrected chi connectivity index (χ0v) is 12.6. The minimum Gasteiger partial charge on any atom is -0.385 e. The van der Waals surface area contributed by atoms with Crippen LogP contribution in [-0.4, -0.2) is 28.7 Å². The van der Waals surface area contributed by atoms with Crippen LogP contribution in [0.3, 0.4) is 0 Å².